The minimum Gasteiger partial charge on any atom is -0.383 e. The molecule has 1 aliphatic carbocycles. The fourth-order valence-corrected chi connectivity index (χ4v) is 2.71. The molecule has 4 heteroatoms. The summed E-state index contributed by atoms with van der Waals surface area (Å²) in [5.41, 5.74) is 7.30. The van der Waals surface area contributed by atoms with Crippen molar-refractivity contribution >= 4 is 11.6 Å². The summed E-state index contributed by atoms with van der Waals surface area (Å²) in [6.07, 6.45) is 3.75. The first-order chi connectivity index (χ1) is 8.81. The van der Waals surface area contributed by atoms with Gasteiger partial charge in [-0.2, -0.15) is 0 Å². The Morgan fingerprint density at radius 1 is 1.32 bits per heavy atom. The van der Waals surface area contributed by atoms with Crippen LogP contribution in [0.3, 0.4) is 0 Å². The third kappa shape index (κ3) is 2.82. The van der Waals surface area contributed by atoms with Crippen LogP contribution < -0.4 is 11.1 Å². The first-order valence-electron chi connectivity index (χ1n) is 7.22. The van der Waals surface area contributed by atoms with Crippen molar-refractivity contribution < 1.29 is 0 Å². The van der Waals surface area contributed by atoms with Gasteiger partial charge in [0.05, 0.1) is 0 Å². The summed E-state index contributed by atoms with van der Waals surface area (Å²) in [6.45, 7) is 10.8. The fraction of sp³-hybridized carbons (Fsp3) is 0.733. The molecule has 106 valence electrons. The highest BCUT2D eigenvalue weighted by Gasteiger charge is 2.35. The number of rotatable bonds is 3. The van der Waals surface area contributed by atoms with Gasteiger partial charge in [0.1, 0.15) is 17.5 Å². The van der Waals surface area contributed by atoms with Gasteiger partial charge in [-0.15, -0.1) is 0 Å². The van der Waals surface area contributed by atoms with E-state index in [0.29, 0.717) is 23.2 Å². The molecular formula is C15H26N4. The number of hydrogen-bond donors (Lipinski definition) is 2. The zero-order chi connectivity index (χ0) is 14.2. The van der Waals surface area contributed by atoms with Gasteiger partial charge in [0, 0.05) is 17.5 Å². The minimum absolute atomic E-state index is 0.292. The summed E-state index contributed by atoms with van der Waals surface area (Å²) in [4.78, 5) is 9.03. The Morgan fingerprint density at radius 3 is 2.53 bits per heavy atom. The Bertz CT molecular complexity index is 465. The number of nitrogens with one attached hydrogen (secondary N) is 1. The summed E-state index contributed by atoms with van der Waals surface area (Å²) >= 11 is 0. The molecule has 4 nitrogen and oxygen atoms in total. The van der Waals surface area contributed by atoms with E-state index in [1.165, 1.54) is 19.3 Å². The van der Waals surface area contributed by atoms with Crippen molar-refractivity contribution in [1.82, 2.24) is 9.97 Å². The number of hydrogen-bond acceptors (Lipinski definition) is 4. The molecule has 0 amide bonds. The van der Waals surface area contributed by atoms with Crippen LogP contribution in [0.1, 0.15) is 64.3 Å². The van der Waals surface area contributed by atoms with Gasteiger partial charge in [0.25, 0.3) is 0 Å². The Balaban J connectivity index is 2.29. The molecule has 1 aromatic rings. The molecule has 0 radical (unpaired) electrons. The lowest BCUT2D eigenvalue weighted by Gasteiger charge is -2.29. The second kappa shape index (κ2) is 4.99. The number of nitrogens with two attached hydrogens (primary N) is 1. The molecule has 1 atom stereocenters. The Hall–Kier alpha value is -1.32. The number of nitrogens with zero attached hydrogens (tertiary/aromatic N) is 2. The lowest BCUT2D eigenvalue weighted by atomic mass is 9.87. The van der Waals surface area contributed by atoms with Crippen molar-refractivity contribution in [2.75, 3.05) is 11.1 Å². The minimum atomic E-state index is 0.292. The van der Waals surface area contributed by atoms with Gasteiger partial charge in [-0.3, -0.25) is 0 Å². The molecule has 1 aromatic heterocycles. The van der Waals surface area contributed by atoms with E-state index in [1.807, 2.05) is 6.92 Å². The molecule has 19 heavy (non-hydrogen) atoms. The molecule has 0 bridgehead atoms. The Labute approximate surface area is 116 Å². The van der Waals surface area contributed by atoms with Crippen LogP contribution >= 0.6 is 0 Å². The molecule has 1 saturated carbocycles. The van der Waals surface area contributed by atoms with E-state index in [4.69, 9.17) is 5.73 Å². The summed E-state index contributed by atoms with van der Waals surface area (Å²) in [7, 11) is 0. The monoisotopic (exact) mass is 262 g/mol. The molecule has 1 aliphatic rings. The second-order valence-corrected chi connectivity index (χ2v) is 6.67. The van der Waals surface area contributed by atoms with Gasteiger partial charge >= 0.3 is 0 Å². The topological polar surface area (TPSA) is 63.8 Å². The predicted octanol–water partition coefficient (Wildman–Crippen LogP) is 3.48. The molecule has 1 heterocycles. The van der Waals surface area contributed by atoms with E-state index >= 15 is 0 Å². The van der Waals surface area contributed by atoms with E-state index in [-0.39, 0.29) is 0 Å². The van der Waals surface area contributed by atoms with E-state index in [2.05, 4.69) is 43.0 Å². The molecule has 0 aliphatic heterocycles. The molecule has 3 N–H and O–H groups in total. The summed E-state index contributed by atoms with van der Waals surface area (Å²) in [5.74, 6) is 2.62. The lowest BCUT2D eigenvalue weighted by Crippen LogP contribution is -2.31. The van der Waals surface area contributed by atoms with Crippen LogP contribution in [0.4, 0.5) is 11.6 Å². The fourth-order valence-electron chi connectivity index (χ4n) is 2.71. The quantitative estimate of drug-likeness (QED) is 0.875. The van der Waals surface area contributed by atoms with Crippen LogP contribution in [0, 0.1) is 12.3 Å². The van der Waals surface area contributed by atoms with Gasteiger partial charge in [0.15, 0.2) is 0 Å². The third-order valence-corrected chi connectivity index (χ3v) is 4.29. The molecule has 1 fully saturated rings. The van der Waals surface area contributed by atoms with Gasteiger partial charge in [-0.05, 0) is 25.2 Å². The molecule has 2 rings (SSSR count). The number of aromatic nitrogens is 2. The maximum Gasteiger partial charge on any atom is 0.135 e. The summed E-state index contributed by atoms with van der Waals surface area (Å²) in [6, 6.07) is 0.473. The van der Waals surface area contributed by atoms with Crippen LogP contribution in [0.15, 0.2) is 0 Å². The largest absolute Gasteiger partial charge is 0.383 e. The molecule has 0 saturated heterocycles. The second-order valence-electron chi connectivity index (χ2n) is 6.67. The summed E-state index contributed by atoms with van der Waals surface area (Å²) < 4.78 is 0. The van der Waals surface area contributed by atoms with Crippen LogP contribution in [0.5, 0.6) is 0 Å². The maximum absolute atomic E-state index is 6.01. The van der Waals surface area contributed by atoms with Crippen molar-refractivity contribution in [2.24, 2.45) is 5.41 Å². The van der Waals surface area contributed by atoms with E-state index in [0.717, 1.165) is 17.2 Å². The van der Waals surface area contributed by atoms with Crippen molar-refractivity contribution in [3.63, 3.8) is 0 Å². The lowest BCUT2D eigenvalue weighted by molar-refractivity contribution is 0.349. The van der Waals surface area contributed by atoms with Crippen LogP contribution in [-0.2, 0) is 0 Å². The SMILES string of the molecule is Cc1c(N)nc(C(C)C)nc1NC1CCCC1(C)C. The average Bonchev–Trinajstić information content (AvgIpc) is 2.64. The first-order valence-corrected chi connectivity index (χ1v) is 7.22. The number of nitrogen functional groups attached to an aromatic ring is 1. The first kappa shape index (κ1) is 14.1. The zero-order valence-electron chi connectivity index (χ0n) is 12.7. The highest BCUT2D eigenvalue weighted by atomic mass is 15.1. The normalized spacial score (nSPS) is 21.9. The van der Waals surface area contributed by atoms with Crippen molar-refractivity contribution in [1.29, 1.82) is 0 Å². The van der Waals surface area contributed by atoms with Crippen molar-refractivity contribution in [3.8, 4) is 0 Å². The molecule has 0 aromatic carbocycles. The van der Waals surface area contributed by atoms with Crippen LogP contribution in [-0.4, -0.2) is 16.0 Å². The van der Waals surface area contributed by atoms with Gasteiger partial charge in [-0.1, -0.05) is 34.1 Å². The maximum atomic E-state index is 6.01. The van der Waals surface area contributed by atoms with E-state index < -0.39 is 0 Å². The molecule has 0 spiro atoms. The predicted molar refractivity (Wildman–Crippen MR) is 80.3 cm³/mol. The van der Waals surface area contributed by atoms with Gasteiger partial charge in [0.2, 0.25) is 0 Å². The number of anilines is 2. The smallest absolute Gasteiger partial charge is 0.135 e. The third-order valence-electron chi connectivity index (χ3n) is 4.29. The van der Waals surface area contributed by atoms with Crippen LogP contribution in [0.2, 0.25) is 0 Å². The van der Waals surface area contributed by atoms with E-state index in [9.17, 15) is 0 Å². The van der Waals surface area contributed by atoms with Crippen LogP contribution in [0.25, 0.3) is 0 Å². The van der Waals surface area contributed by atoms with Crippen molar-refractivity contribution in [3.05, 3.63) is 11.4 Å². The van der Waals surface area contributed by atoms with E-state index in [1.54, 1.807) is 0 Å². The molecule has 1 unspecified atom stereocenters. The highest BCUT2D eigenvalue weighted by Crippen LogP contribution is 2.39. The Kier molecular flexibility index (Phi) is 3.70. The van der Waals surface area contributed by atoms with Gasteiger partial charge < -0.3 is 11.1 Å². The Morgan fingerprint density at radius 2 is 2.00 bits per heavy atom. The average molecular weight is 262 g/mol. The van der Waals surface area contributed by atoms with Gasteiger partial charge in [-0.25, -0.2) is 9.97 Å². The summed E-state index contributed by atoms with van der Waals surface area (Å²) in [5, 5.41) is 3.60. The standard InChI is InChI=1S/C15H26N4/c1-9(2)13-18-12(16)10(3)14(19-13)17-11-7-6-8-15(11,4)5/h9,11H,6-8H2,1-5H3,(H3,16,17,18,19). The van der Waals surface area contributed by atoms with Crippen molar-refractivity contribution in [2.45, 2.75) is 65.8 Å². The highest BCUT2D eigenvalue weighted by molar-refractivity contribution is 5.55. The molecular weight excluding hydrogens is 236 g/mol. The zero-order valence-corrected chi connectivity index (χ0v) is 12.7.